The first-order valence-electron chi connectivity index (χ1n) is 4.19. The molecule has 1 heterocycles. The predicted molar refractivity (Wildman–Crippen MR) is 53.7 cm³/mol. The van der Waals surface area contributed by atoms with Crippen molar-refractivity contribution in [3.8, 4) is 0 Å². The van der Waals surface area contributed by atoms with Crippen molar-refractivity contribution in [3.05, 3.63) is 17.8 Å². The summed E-state index contributed by atoms with van der Waals surface area (Å²) in [7, 11) is 1.85. The summed E-state index contributed by atoms with van der Waals surface area (Å²) in [5.74, 6) is 0.722. The molecular weight excluding hydrogens is 166 g/mol. The molecule has 4 heteroatoms. The van der Waals surface area contributed by atoms with Crippen molar-refractivity contribution < 1.29 is 5.11 Å². The van der Waals surface area contributed by atoms with Gasteiger partial charge in [-0.2, -0.15) is 0 Å². The molecule has 0 fully saturated rings. The van der Waals surface area contributed by atoms with Crippen molar-refractivity contribution in [1.29, 1.82) is 0 Å². The maximum absolute atomic E-state index is 8.73. The summed E-state index contributed by atoms with van der Waals surface area (Å²) < 4.78 is 0. The molecule has 0 radical (unpaired) electrons. The third-order valence-corrected chi connectivity index (χ3v) is 1.83. The number of nitrogen functional groups attached to an aromatic ring is 1. The topological polar surface area (TPSA) is 62.4 Å². The minimum absolute atomic E-state index is 0.103. The third kappa shape index (κ3) is 2.32. The van der Waals surface area contributed by atoms with Crippen LogP contribution < -0.4 is 10.6 Å². The van der Waals surface area contributed by atoms with E-state index in [9.17, 15) is 0 Å². The number of anilines is 2. The fourth-order valence-corrected chi connectivity index (χ4v) is 1.16. The van der Waals surface area contributed by atoms with E-state index in [1.165, 1.54) is 0 Å². The normalized spacial score (nSPS) is 10.1. The molecule has 4 nitrogen and oxygen atoms in total. The molecular formula is C9H15N3O. The zero-order valence-corrected chi connectivity index (χ0v) is 7.99. The van der Waals surface area contributed by atoms with Gasteiger partial charge < -0.3 is 15.7 Å². The maximum atomic E-state index is 8.73. The molecule has 1 aromatic heterocycles. The van der Waals surface area contributed by atoms with E-state index in [2.05, 4.69) is 4.98 Å². The van der Waals surface area contributed by atoms with Gasteiger partial charge in [-0.05, 0) is 18.6 Å². The lowest BCUT2D eigenvalue weighted by Gasteiger charge is -2.18. The Morgan fingerprint density at radius 2 is 2.31 bits per heavy atom. The van der Waals surface area contributed by atoms with Crippen molar-refractivity contribution in [1.82, 2.24) is 4.98 Å². The van der Waals surface area contributed by atoms with Gasteiger partial charge in [0.25, 0.3) is 0 Å². The molecule has 0 bridgehead atoms. The molecule has 0 saturated carbocycles. The Hall–Kier alpha value is -1.29. The molecule has 0 aliphatic heterocycles. The molecule has 3 N–H and O–H groups in total. The summed E-state index contributed by atoms with van der Waals surface area (Å²) >= 11 is 0. The lowest BCUT2D eigenvalue weighted by atomic mass is 10.3. The van der Waals surface area contributed by atoms with Crippen LogP contribution >= 0.6 is 0 Å². The summed E-state index contributed by atoms with van der Waals surface area (Å²) in [5.41, 5.74) is 7.46. The van der Waals surface area contributed by atoms with Crippen molar-refractivity contribution in [2.45, 2.75) is 6.92 Å². The second-order valence-corrected chi connectivity index (χ2v) is 3.07. The Labute approximate surface area is 78.0 Å². The first-order valence-corrected chi connectivity index (χ1v) is 4.19. The standard InChI is InChI=1S/C9H15N3O/c1-7-5-8(10)9(11-6-7)12(2)3-4-13/h5-6,13H,3-4,10H2,1-2H3. The first kappa shape index (κ1) is 9.80. The number of nitrogens with zero attached hydrogens (tertiary/aromatic N) is 2. The summed E-state index contributed by atoms with van der Waals surface area (Å²) in [6, 6.07) is 1.87. The van der Waals surface area contributed by atoms with Crippen LogP contribution in [-0.4, -0.2) is 30.3 Å². The Bertz CT molecular complexity index is 288. The Balaban J connectivity index is 2.88. The van der Waals surface area contributed by atoms with Crippen LogP contribution in [0.3, 0.4) is 0 Å². The molecule has 0 aliphatic rings. The monoisotopic (exact) mass is 181 g/mol. The molecule has 0 atom stereocenters. The highest BCUT2D eigenvalue weighted by Crippen LogP contribution is 2.18. The van der Waals surface area contributed by atoms with E-state index in [1.807, 2.05) is 24.9 Å². The van der Waals surface area contributed by atoms with E-state index in [4.69, 9.17) is 10.8 Å². The lowest BCUT2D eigenvalue weighted by Crippen LogP contribution is -2.23. The van der Waals surface area contributed by atoms with E-state index >= 15 is 0 Å². The molecule has 0 spiro atoms. The number of pyridine rings is 1. The fraction of sp³-hybridized carbons (Fsp3) is 0.444. The molecule has 72 valence electrons. The molecule has 1 aromatic rings. The van der Waals surface area contributed by atoms with Crippen molar-refractivity contribution >= 4 is 11.5 Å². The summed E-state index contributed by atoms with van der Waals surface area (Å²) in [6.07, 6.45) is 1.76. The number of aliphatic hydroxyl groups excluding tert-OH is 1. The summed E-state index contributed by atoms with van der Waals surface area (Å²) in [5, 5.41) is 8.73. The molecule has 13 heavy (non-hydrogen) atoms. The van der Waals surface area contributed by atoms with Gasteiger partial charge in [-0.3, -0.25) is 0 Å². The van der Waals surface area contributed by atoms with Crippen LogP contribution in [0.15, 0.2) is 12.3 Å². The van der Waals surface area contributed by atoms with Crippen molar-refractivity contribution in [2.24, 2.45) is 0 Å². The van der Waals surface area contributed by atoms with Crippen LogP contribution in [0.1, 0.15) is 5.56 Å². The fourth-order valence-electron chi connectivity index (χ4n) is 1.16. The number of rotatable bonds is 3. The van der Waals surface area contributed by atoms with Crippen LogP contribution in [0.2, 0.25) is 0 Å². The molecule has 1 rings (SSSR count). The van der Waals surface area contributed by atoms with Crippen LogP contribution in [0, 0.1) is 6.92 Å². The number of aromatic nitrogens is 1. The van der Waals surface area contributed by atoms with Gasteiger partial charge >= 0.3 is 0 Å². The second-order valence-electron chi connectivity index (χ2n) is 3.07. The van der Waals surface area contributed by atoms with Gasteiger partial charge in [-0.25, -0.2) is 4.98 Å². The average molecular weight is 181 g/mol. The van der Waals surface area contributed by atoms with E-state index in [-0.39, 0.29) is 6.61 Å². The summed E-state index contributed by atoms with van der Waals surface area (Å²) in [6.45, 7) is 2.59. The highest BCUT2D eigenvalue weighted by atomic mass is 16.3. The molecule has 0 aliphatic carbocycles. The maximum Gasteiger partial charge on any atom is 0.151 e. The SMILES string of the molecule is Cc1cnc(N(C)CCO)c(N)c1. The Morgan fingerprint density at radius 3 is 2.85 bits per heavy atom. The smallest absolute Gasteiger partial charge is 0.151 e. The largest absolute Gasteiger partial charge is 0.396 e. The number of likely N-dealkylation sites (N-methyl/N-ethyl adjacent to an activating group) is 1. The highest BCUT2D eigenvalue weighted by Gasteiger charge is 2.05. The van der Waals surface area contributed by atoms with Gasteiger partial charge in [-0.1, -0.05) is 0 Å². The minimum atomic E-state index is 0.103. The molecule has 0 unspecified atom stereocenters. The van der Waals surface area contributed by atoms with Gasteiger partial charge in [0.1, 0.15) is 0 Å². The van der Waals surface area contributed by atoms with Gasteiger partial charge in [0.05, 0.1) is 12.3 Å². The highest BCUT2D eigenvalue weighted by molar-refractivity contribution is 5.62. The number of hydrogen-bond donors (Lipinski definition) is 2. The molecule has 0 saturated heterocycles. The summed E-state index contributed by atoms with van der Waals surface area (Å²) in [4.78, 5) is 6.01. The number of hydrogen-bond acceptors (Lipinski definition) is 4. The van der Waals surface area contributed by atoms with E-state index in [1.54, 1.807) is 6.20 Å². The van der Waals surface area contributed by atoms with Crippen LogP contribution in [0.5, 0.6) is 0 Å². The van der Waals surface area contributed by atoms with Gasteiger partial charge in [0.2, 0.25) is 0 Å². The van der Waals surface area contributed by atoms with E-state index in [0.29, 0.717) is 12.2 Å². The van der Waals surface area contributed by atoms with Crippen LogP contribution in [0.4, 0.5) is 11.5 Å². The average Bonchev–Trinajstić information content (AvgIpc) is 2.04. The number of aliphatic hydroxyl groups is 1. The molecule has 0 aromatic carbocycles. The van der Waals surface area contributed by atoms with Crippen LogP contribution in [0.25, 0.3) is 0 Å². The quantitative estimate of drug-likeness (QED) is 0.708. The first-order chi connectivity index (χ1) is 6.15. The zero-order chi connectivity index (χ0) is 9.84. The Morgan fingerprint density at radius 1 is 1.62 bits per heavy atom. The van der Waals surface area contributed by atoms with E-state index in [0.717, 1.165) is 11.4 Å². The third-order valence-electron chi connectivity index (χ3n) is 1.83. The number of aryl methyl sites for hydroxylation is 1. The minimum Gasteiger partial charge on any atom is -0.396 e. The lowest BCUT2D eigenvalue weighted by molar-refractivity contribution is 0.304. The van der Waals surface area contributed by atoms with Gasteiger partial charge in [0, 0.05) is 19.8 Å². The van der Waals surface area contributed by atoms with Crippen molar-refractivity contribution in [3.63, 3.8) is 0 Å². The number of nitrogens with two attached hydrogens (primary N) is 1. The van der Waals surface area contributed by atoms with Crippen molar-refractivity contribution in [2.75, 3.05) is 30.8 Å². The second kappa shape index (κ2) is 4.09. The predicted octanol–water partition coefficient (Wildman–Crippen LogP) is 0.401. The van der Waals surface area contributed by atoms with Gasteiger partial charge in [0.15, 0.2) is 5.82 Å². The van der Waals surface area contributed by atoms with Gasteiger partial charge in [-0.15, -0.1) is 0 Å². The van der Waals surface area contributed by atoms with E-state index < -0.39 is 0 Å². The van der Waals surface area contributed by atoms with Crippen LogP contribution in [-0.2, 0) is 0 Å². The molecule has 0 amide bonds. The Kier molecular flexibility index (Phi) is 3.08. The zero-order valence-electron chi connectivity index (χ0n) is 7.99.